The van der Waals surface area contributed by atoms with Gasteiger partial charge < -0.3 is 23.7 Å². The standard InChI is InChI=1S/C60H70O5/c1-5-59(3,47-33-37-53(38-34-47)61-49-23-11-7-12-24-49)57(43-45-21-19-31-55(41-45)63-51-27-15-9-16-28-51)65-58(44-46-22-20-32-56(42-46)64-52-29-17-10-18-30-52)60(4,6-2)48-35-39-54(40-36-48)62-50-25-13-8-14-26-50/h9-10,15-22,27-42,49-50,57-58H,5-8,11-14,23-26,43-44H2,1-4H3. The SMILES string of the molecule is CCC(C)(c1ccc(OC2CCCCC2)cc1)C(Cc1cccc(Oc2ccccc2)c1)OC(Cc1cccc(Oc2ccccc2)c1)C(C)(CC)c1ccc(OC2CCCCC2)cc1. The summed E-state index contributed by atoms with van der Waals surface area (Å²) in [6, 6.07) is 55.0. The van der Waals surface area contributed by atoms with E-state index in [9.17, 15) is 0 Å². The zero-order chi connectivity index (χ0) is 44.9. The maximum Gasteiger partial charge on any atom is 0.127 e. The van der Waals surface area contributed by atoms with Crippen LogP contribution < -0.4 is 18.9 Å². The molecule has 5 nitrogen and oxygen atoms in total. The highest BCUT2D eigenvalue weighted by Crippen LogP contribution is 2.43. The molecule has 6 aromatic rings. The molecule has 2 aliphatic rings. The molecule has 2 saturated carbocycles. The minimum Gasteiger partial charge on any atom is -0.490 e. The van der Waals surface area contributed by atoms with Crippen molar-refractivity contribution >= 4 is 0 Å². The van der Waals surface area contributed by atoms with Crippen molar-refractivity contribution in [2.24, 2.45) is 0 Å². The highest BCUT2D eigenvalue weighted by atomic mass is 16.5. The van der Waals surface area contributed by atoms with Crippen LogP contribution in [0.3, 0.4) is 0 Å². The van der Waals surface area contributed by atoms with Crippen LogP contribution in [0, 0.1) is 0 Å². The summed E-state index contributed by atoms with van der Waals surface area (Å²) in [5.41, 5.74) is 4.11. The van der Waals surface area contributed by atoms with Crippen molar-refractivity contribution in [3.05, 3.63) is 180 Å². The molecular formula is C60H70O5. The zero-order valence-corrected chi connectivity index (χ0v) is 39.3. The average molecular weight is 871 g/mol. The van der Waals surface area contributed by atoms with E-state index in [1.54, 1.807) is 0 Å². The molecule has 0 amide bonds. The second kappa shape index (κ2) is 22.1. The summed E-state index contributed by atoms with van der Waals surface area (Å²) in [6.45, 7) is 9.40. The van der Waals surface area contributed by atoms with Crippen LogP contribution in [0.1, 0.15) is 127 Å². The minimum atomic E-state index is -0.359. The van der Waals surface area contributed by atoms with E-state index in [4.69, 9.17) is 23.7 Å². The van der Waals surface area contributed by atoms with E-state index < -0.39 is 0 Å². The van der Waals surface area contributed by atoms with Gasteiger partial charge in [-0.05, 0) is 172 Å². The molecule has 0 radical (unpaired) electrons. The number of hydrogen-bond acceptors (Lipinski definition) is 5. The molecule has 340 valence electrons. The fourth-order valence-corrected chi connectivity index (χ4v) is 10.0. The molecule has 2 fully saturated rings. The molecule has 0 heterocycles. The largest absolute Gasteiger partial charge is 0.490 e. The van der Waals surface area contributed by atoms with E-state index >= 15 is 0 Å². The summed E-state index contributed by atoms with van der Waals surface area (Å²) in [5.74, 6) is 5.17. The molecule has 8 rings (SSSR count). The Kier molecular flexibility index (Phi) is 15.7. The first kappa shape index (κ1) is 46.0. The Bertz CT molecular complexity index is 2170. The second-order valence-corrected chi connectivity index (χ2v) is 19.0. The molecule has 0 bridgehead atoms. The van der Waals surface area contributed by atoms with Gasteiger partial charge in [-0.15, -0.1) is 0 Å². The molecule has 5 heteroatoms. The van der Waals surface area contributed by atoms with Gasteiger partial charge in [0.25, 0.3) is 0 Å². The first-order valence-corrected chi connectivity index (χ1v) is 24.6. The van der Waals surface area contributed by atoms with Gasteiger partial charge in [-0.3, -0.25) is 0 Å². The maximum absolute atomic E-state index is 7.96. The molecule has 4 unspecified atom stereocenters. The van der Waals surface area contributed by atoms with Crippen LogP contribution in [0.15, 0.2) is 158 Å². The summed E-state index contributed by atoms with van der Waals surface area (Å²) in [7, 11) is 0. The fraction of sp³-hybridized carbons (Fsp3) is 0.400. The van der Waals surface area contributed by atoms with Crippen molar-refractivity contribution in [2.45, 2.75) is 153 Å². The van der Waals surface area contributed by atoms with Crippen molar-refractivity contribution < 1.29 is 23.7 Å². The predicted octanol–water partition coefficient (Wildman–Crippen LogP) is 16.0. The van der Waals surface area contributed by atoms with Gasteiger partial charge in [0.05, 0.1) is 24.4 Å². The van der Waals surface area contributed by atoms with Crippen LogP contribution in [-0.4, -0.2) is 24.4 Å². The zero-order valence-electron chi connectivity index (χ0n) is 39.3. The van der Waals surface area contributed by atoms with Gasteiger partial charge >= 0.3 is 0 Å². The van der Waals surface area contributed by atoms with Crippen LogP contribution in [-0.2, 0) is 28.4 Å². The normalized spacial score (nSPS) is 17.5. The molecule has 0 N–H and O–H groups in total. The lowest BCUT2D eigenvalue weighted by molar-refractivity contribution is -0.0840. The summed E-state index contributed by atoms with van der Waals surface area (Å²) < 4.78 is 33.8. The second-order valence-electron chi connectivity index (χ2n) is 19.0. The Morgan fingerprint density at radius 1 is 0.415 bits per heavy atom. The summed E-state index contributed by atoms with van der Waals surface area (Å²) in [5, 5.41) is 0. The Hall–Kier alpha value is -5.52. The van der Waals surface area contributed by atoms with Gasteiger partial charge in [0, 0.05) is 10.8 Å². The van der Waals surface area contributed by atoms with Crippen LogP contribution in [0.4, 0.5) is 0 Å². The molecular weight excluding hydrogens is 801 g/mol. The maximum atomic E-state index is 7.96. The number of benzene rings is 6. The molecule has 0 aliphatic heterocycles. The van der Waals surface area contributed by atoms with E-state index in [0.717, 1.165) is 73.0 Å². The Balaban J connectivity index is 1.16. The lowest BCUT2D eigenvalue weighted by Gasteiger charge is -2.45. The van der Waals surface area contributed by atoms with Gasteiger partial charge in [-0.2, -0.15) is 0 Å². The lowest BCUT2D eigenvalue weighted by atomic mass is 9.71. The highest BCUT2D eigenvalue weighted by Gasteiger charge is 2.43. The summed E-state index contributed by atoms with van der Waals surface area (Å²) in [6.07, 6.45) is 15.4. The van der Waals surface area contributed by atoms with Gasteiger partial charge in [0.1, 0.15) is 34.5 Å². The van der Waals surface area contributed by atoms with Crippen LogP contribution in [0.25, 0.3) is 0 Å². The van der Waals surface area contributed by atoms with Crippen molar-refractivity contribution in [1.29, 1.82) is 0 Å². The molecule has 65 heavy (non-hydrogen) atoms. The summed E-state index contributed by atoms with van der Waals surface area (Å²) in [4.78, 5) is 0. The van der Waals surface area contributed by atoms with E-state index in [1.165, 1.54) is 60.8 Å². The highest BCUT2D eigenvalue weighted by molar-refractivity contribution is 5.39. The summed E-state index contributed by atoms with van der Waals surface area (Å²) >= 11 is 0. The lowest BCUT2D eigenvalue weighted by Crippen LogP contribution is -2.48. The van der Waals surface area contributed by atoms with Crippen molar-refractivity contribution in [3.8, 4) is 34.5 Å². The van der Waals surface area contributed by atoms with Gasteiger partial charge in [-0.25, -0.2) is 0 Å². The predicted molar refractivity (Wildman–Crippen MR) is 265 cm³/mol. The smallest absolute Gasteiger partial charge is 0.127 e. The monoisotopic (exact) mass is 871 g/mol. The first-order valence-electron chi connectivity index (χ1n) is 24.6. The van der Waals surface area contributed by atoms with Crippen LogP contribution >= 0.6 is 0 Å². The Labute approximate surface area is 389 Å². The Morgan fingerprint density at radius 2 is 0.785 bits per heavy atom. The van der Waals surface area contributed by atoms with Crippen LogP contribution in [0.5, 0.6) is 34.5 Å². The number of rotatable bonds is 20. The van der Waals surface area contributed by atoms with Crippen molar-refractivity contribution in [2.75, 3.05) is 0 Å². The number of hydrogen-bond donors (Lipinski definition) is 0. The molecule has 6 aromatic carbocycles. The fourth-order valence-electron chi connectivity index (χ4n) is 10.0. The quantitative estimate of drug-likeness (QED) is 0.0765. The van der Waals surface area contributed by atoms with E-state index in [0.29, 0.717) is 25.0 Å². The van der Waals surface area contributed by atoms with E-state index in [1.807, 2.05) is 72.8 Å². The Morgan fingerprint density at radius 3 is 1.15 bits per heavy atom. The van der Waals surface area contributed by atoms with E-state index in [-0.39, 0.29) is 23.0 Å². The first-order chi connectivity index (χ1) is 31.8. The third kappa shape index (κ3) is 12.0. The third-order valence-corrected chi connectivity index (χ3v) is 14.6. The topological polar surface area (TPSA) is 46.2 Å². The number of ether oxygens (including phenoxy) is 5. The van der Waals surface area contributed by atoms with Gasteiger partial charge in [0.15, 0.2) is 0 Å². The molecule has 4 atom stereocenters. The average Bonchev–Trinajstić information content (AvgIpc) is 3.35. The van der Waals surface area contributed by atoms with E-state index in [2.05, 4.69) is 113 Å². The minimum absolute atomic E-state index is 0.210. The molecule has 0 aromatic heterocycles. The molecule has 0 spiro atoms. The molecule has 0 saturated heterocycles. The number of para-hydroxylation sites is 2. The molecule has 2 aliphatic carbocycles. The van der Waals surface area contributed by atoms with Gasteiger partial charge in [-0.1, -0.05) is 125 Å². The van der Waals surface area contributed by atoms with Gasteiger partial charge in [0.2, 0.25) is 0 Å². The van der Waals surface area contributed by atoms with Crippen molar-refractivity contribution in [1.82, 2.24) is 0 Å². The van der Waals surface area contributed by atoms with Crippen molar-refractivity contribution in [3.63, 3.8) is 0 Å². The van der Waals surface area contributed by atoms with Crippen LogP contribution in [0.2, 0.25) is 0 Å². The third-order valence-electron chi connectivity index (χ3n) is 14.6.